The Morgan fingerprint density at radius 1 is 0.750 bits per heavy atom. The predicted octanol–water partition coefficient (Wildman–Crippen LogP) is 3.14. The van der Waals surface area contributed by atoms with Crippen molar-refractivity contribution in [1.82, 2.24) is 26.1 Å². The summed E-state index contributed by atoms with van der Waals surface area (Å²) in [6.07, 6.45) is 2.66. The first-order chi connectivity index (χ1) is 8.40. The topological polar surface area (TPSA) is 144 Å². The molecule has 20 heavy (non-hydrogen) atoms. The summed E-state index contributed by atoms with van der Waals surface area (Å²) in [5.41, 5.74) is 5.23. The minimum atomic E-state index is 0. The number of nitrogens with zero attached hydrogens (tertiary/aromatic N) is 4. The smallest absolute Gasteiger partial charge is 0.171 e. The molecule has 112 valence electrons. The molecule has 2 rings (SSSR count). The van der Waals surface area contributed by atoms with Crippen LogP contribution in [-0.4, -0.2) is 25.4 Å². The van der Waals surface area contributed by atoms with Gasteiger partial charge in [0, 0.05) is 0 Å². The third kappa shape index (κ3) is 7.20. The average molecular weight is 382 g/mol. The van der Waals surface area contributed by atoms with Crippen LogP contribution in [0.1, 0.15) is 0 Å². The Kier molecular flexibility index (Phi) is 10.9. The molecule has 7 nitrogen and oxygen atoms in total. The second kappa shape index (κ2) is 10.1. The van der Waals surface area contributed by atoms with Crippen molar-refractivity contribution in [2.75, 3.05) is 5.73 Å². The largest absolute Gasteiger partial charge is 0.412 e. The zero-order valence-corrected chi connectivity index (χ0v) is 13.4. The van der Waals surface area contributed by atoms with Crippen LogP contribution < -0.4 is 11.9 Å². The average Bonchev–Trinajstić information content (AvgIpc) is 2.30. The van der Waals surface area contributed by atoms with E-state index in [0.29, 0.717) is 0 Å². The summed E-state index contributed by atoms with van der Waals surface area (Å²) in [6.45, 7) is 0. The summed E-state index contributed by atoms with van der Waals surface area (Å²) in [5, 5.41) is 0.964. The van der Waals surface area contributed by atoms with Crippen LogP contribution in [0.4, 0.5) is 5.82 Å². The summed E-state index contributed by atoms with van der Waals surface area (Å²) < 4.78 is 0. The van der Waals surface area contributed by atoms with E-state index in [4.69, 9.17) is 63.7 Å². The van der Waals surface area contributed by atoms with E-state index in [-0.39, 0.29) is 43.2 Å². The summed E-state index contributed by atoms with van der Waals surface area (Å²) in [6, 6.07) is 0. The Hall–Kier alpha value is -0.670. The SMILES string of the molecule is Clc1cnc(Cl)c(Cl)n1.N.Nc1nc(Cl)cnc1Cl.O. The van der Waals surface area contributed by atoms with Gasteiger partial charge >= 0.3 is 0 Å². The second-order valence-corrected chi connectivity index (χ2v) is 4.49. The van der Waals surface area contributed by atoms with Gasteiger partial charge in [0.2, 0.25) is 0 Å². The number of nitrogen functional groups attached to an aromatic ring is 1. The van der Waals surface area contributed by atoms with E-state index in [9.17, 15) is 0 Å². The molecule has 2 aromatic rings. The minimum Gasteiger partial charge on any atom is -0.412 e. The monoisotopic (exact) mass is 380 g/mol. The summed E-state index contributed by atoms with van der Waals surface area (Å²) >= 11 is 27.1. The highest BCUT2D eigenvalue weighted by Crippen LogP contribution is 2.17. The fourth-order valence-corrected chi connectivity index (χ4v) is 1.34. The van der Waals surface area contributed by atoms with E-state index in [0.717, 1.165) is 0 Å². The van der Waals surface area contributed by atoms with Gasteiger partial charge in [-0.05, 0) is 0 Å². The zero-order chi connectivity index (χ0) is 13.7. The van der Waals surface area contributed by atoms with Gasteiger partial charge in [-0.3, -0.25) is 0 Å². The Labute approximate surface area is 139 Å². The Balaban J connectivity index is 0. The molecule has 0 fully saturated rings. The Morgan fingerprint density at radius 3 is 1.55 bits per heavy atom. The van der Waals surface area contributed by atoms with E-state index in [1.165, 1.54) is 12.4 Å². The molecule has 2 aromatic heterocycles. The molecule has 0 saturated carbocycles. The van der Waals surface area contributed by atoms with E-state index in [1.807, 2.05) is 0 Å². The van der Waals surface area contributed by atoms with Crippen molar-refractivity contribution in [3.63, 3.8) is 0 Å². The first-order valence-electron chi connectivity index (χ1n) is 4.17. The van der Waals surface area contributed by atoms with E-state index < -0.39 is 0 Å². The van der Waals surface area contributed by atoms with Crippen molar-refractivity contribution >= 4 is 63.8 Å². The normalized spacial score (nSPS) is 8.65. The van der Waals surface area contributed by atoms with Crippen LogP contribution >= 0.6 is 58.0 Å². The zero-order valence-electron chi connectivity index (χ0n) is 9.62. The molecule has 0 aliphatic heterocycles. The fourth-order valence-electron chi connectivity index (χ4n) is 0.698. The molecule has 0 unspecified atom stereocenters. The third-order valence-corrected chi connectivity index (χ3v) is 2.67. The number of hydrogen-bond acceptors (Lipinski definition) is 6. The molecule has 0 aliphatic carbocycles. The van der Waals surface area contributed by atoms with Crippen LogP contribution in [0.5, 0.6) is 0 Å². The van der Waals surface area contributed by atoms with Crippen LogP contribution in [0.15, 0.2) is 12.4 Å². The van der Waals surface area contributed by atoms with Crippen LogP contribution in [0.25, 0.3) is 0 Å². The van der Waals surface area contributed by atoms with Gasteiger partial charge in [-0.15, -0.1) is 0 Å². The number of rotatable bonds is 0. The highest BCUT2D eigenvalue weighted by molar-refractivity contribution is 6.41. The van der Waals surface area contributed by atoms with Crippen LogP contribution in [0.3, 0.4) is 0 Å². The number of nitrogens with two attached hydrogens (primary N) is 1. The van der Waals surface area contributed by atoms with Gasteiger partial charge in [0.05, 0.1) is 12.4 Å². The predicted molar refractivity (Wildman–Crippen MR) is 82.2 cm³/mol. The molecule has 12 heteroatoms. The summed E-state index contributed by atoms with van der Waals surface area (Å²) in [7, 11) is 0. The quantitative estimate of drug-likeness (QED) is 0.716. The highest BCUT2D eigenvalue weighted by atomic mass is 35.5. The highest BCUT2D eigenvalue weighted by Gasteiger charge is 1.98. The molecule has 0 saturated heterocycles. The molecule has 0 bridgehead atoms. The lowest BCUT2D eigenvalue weighted by Crippen LogP contribution is -1.92. The van der Waals surface area contributed by atoms with Gasteiger partial charge in [-0.25, -0.2) is 19.9 Å². The lowest BCUT2D eigenvalue weighted by Gasteiger charge is -1.92. The van der Waals surface area contributed by atoms with Gasteiger partial charge < -0.3 is 17.4 Å². The standard InChI is InChI=1S/C4HCl3N2.C4H3Cl2N3.H3N.H2O/c2*5-2-1-8-3(6)4(7)9-2;;/h1H;1H,(H2,7,9);1H3;1H2. The second-order valence-electron chi connectivity index (χ2n) is 2.64. The molecule has 0 aromatic carbocycles. The first kappa shape index (κ1) is 21.6. The molecule has 0 atom stereocenters. The van der Waals surface area contributed by atoms with E-state index >= 15 is 0 Å². The molecule has 0 aliphatic rings. The van der Waals surface area contributed by atoms with Crippen LogP contribution in [-0.2, 0) is 0 Å². The van der Waals surface area contributed by atoms with E-state index in [1.54, 1.807) is 0 Å². The van der Waals surface area contributed by atoms with Crippen molar-refractivity contribution in [2.24, 2.45) is 0 Å². The number of aromatic nitrogens is 4. The van der Waals surface area contributed by atoms with Gasteiger partial charge in [-0.2, -0.15) is 0 Å². The number of hydrogen-bond donors (Lipinski definition) is 2. The van der Waals surface area contributed by atoms with Crippen molar-refractivity contribution in [3.05, 3.63) is 38.2 Å². The molecular formula is C8H9Cl5N6O. The summed E-state index contributed by atoms with van der Waals surface area (Å²) in [5.74, 6) is 0.157. The summed E-state index contributed by atoms with van der Waals surface area (Å²) in [4.78, 5) is 14.5. The first-order valence-corrected chi connectivity index (χ1v) is 6.06. The van der Waals surface area contributed by atoms with Crippen molar-refractivity contribution in [3.8, 4) is 0 Å². The van der Waals surface area contributed by atoms with Gasteiger partial charge in [0.1, 0.15) is 10.3 Å². The maximum absolute atomic E-state index is 5.42. The number of anilines is 1. The molecule has 2 heterocycles. The molecular weight excluding hydrogens is 373 g/mol. The van der Waals surface area contributed by atoms with Gasteiger partial charge in [0.25, 0.3) is 0 Å². The third-order valence-electron chi connectivity index (χ3n) is 1.38. The Morgan fingerprint density at radius 2 is 1.20 bits per heavy atom. The molecule has 0 amide bonds. The van der Waals surface area contributed by atoms with Crippen LogP contribution in [0.2, 0.25) is 25.8 Å². The van der Waals surface area contributed by atoms with Gasteiger partial charge in [-0.1, -0.05) is 58.0 Å². The minimum absolute atomic E-state index is 0. The molecule has 7 N–H and O–H groups in total. The molecule has 0 radical (unpaired) electrons. The van der Waals surface area contributed by atoms with E-state index in [2.05, 4.69) is 19.9 Å². The van der Waals surface area contributed by atoms with Crippen LogP contribution in [0, 0.1) is 0 Å². The Bertz CT molecular complexity index is 507. The molecule has 0 spiro atoms. The van der Waals surface area contributed by atoms with Crippen molar-refractivity contribution < 1.29 is 5.48 Å². The maximum Gasteiger partial charge on any atom is 0.171 e. The lowest BCUT2D eigenvalue weighted by molar-refractivity contribution is 0.824. The van der Waals surface area contributed by atoms with Crippen molar-refractivity contribution in [1.29, 1.82) is 0 Å². The maximum atomic E-state index is 5.42. The fraction of sp³-hybridized carbons (Fsp3) is 0. The number of halogens is 5. The van der Waals surface area contributed by atoms with Gasteiger partial charge in [0.15, 0.2) is 21.3 Å². The van der Waals surface area contributed by atoms with Crippen molar-refractivity contribution in [2.45, 2.75) is 0 Å². The lowest BCUT2D eigenvalue weighted by atomic mass is 10.7.